The van der Waals surface area contributed by atoms with Crippen LogP contribution in [-0.2, 0) is 11.2 Å². The average Bonchev–Trinajstić information content (AvgIpc) is 2.48. The van der Waals surface area contributed by atoms with Crippen LogP contribution in [0.2, 0.25) is 0 Å². The first-order valence-electron chi connectivity index (χ1n) is 7.72. The molecule has 4 heteroatoms. The van der Waals surface area contributed by atoms with Crippen molar-refractivity contribution in [3.63, 3.8) is 0 Å². The Bertz CT molecular complexity index is 456. The van der Waals surface area contributed by atoms with Crippen LogP contribution in [0.4, 0.5) is 0 Å². The number of unbranched alkanes of at least 4 members (excludes halogenated alkanes) is 1. The molecule has 0 bridgehead atoms. The molecule has 1 rings (SSSR count). The van der Waals surface area contributed by atoms with Crippen LogP contribution in [0, 0.1) is 5.92 Å². The number of benzene rings is 1. The Morgan fingerprint density at radius 3 is 2.48 bits per heavy atom. The van der Waals surface area contributed by atoms with Crippen LogP contribution in [0.25, 0.3) is 0 Å². The van der Waals surface area contributed by atoms with E-state index in [0.717, 1.165) is 24.1 Å². The molecule has 0 saturated heterocycles. The minimum absolute atomic E-state index is 0.0769. The number of rotatable bonds is 9. The summed E-state index contributed by atoms with van der Waals surface area (Å²) in [6.07, 6.45) is 5.15. The number of amides is 1. The Hall–Kier alpha value is -1.42. The van der Waals surface area contributed by atoms with E-state index in [-0.39, 0.29) is 5.91 Å². The van der Waals surface area contributed by atoms with Crippen LogP contribution in [0.1, 0.15) is 50.7 Å². The molecule has 116 valence electrons. The molecule has 0 aliphatic rings. The fraction of sp³-hybridized carbons (Fsp3) is 0.529. The van der Waals surface area contributed by atoms with Crippen LogP contribution in [0.3, 0.4) is 0 Å². The highest BCUT2D eigenvalue weighted by atomic mass is 32.1. The third-order valence-corrected chi connectivity index (χ3v) is 3.97. The van der Waals surface area contributed by atoms with Gasteiger partial charge in [-0.1, -0.05) is 69.6 Å². The Balaban J connectivity index is 2.40. The van der Waals surface area contributed by atoms with Crippen molar-refractivity contribution in [3.05, 3.63) is 35.4 Å². The first-order chi connectivity index (χ1) is 10.1. The molecule has 0 radical (unpaired) electrons. The largest absolute Gasteiger partial charge is 0.389 e. The minimum atomic E-state index is 0.0769. The SMILES string of the molecule is CCCCC(CC)CNC(=O)Cc1ccc(C(N)=S)cc1. The molecule has 0 fully saturated rings. The number of carbonyl (C=O) groups excluding carboxylic acids is 1. The molecule has 21 heavy (non-hydrogen) atoms. The molecule has 3 N–H and O–H groups in total. The first-order valence-corrected chi connectivity index (χ1v) is 8.13. The van der Waals surface area contributed by atoms with Gasteiger partial charge in [0.05, 0.1) is 6.42 Å². The lowest BCUT2D eigenvalue weighted by molar-refractivity contribution is -0.120. The van der Waals surface area contributed by atoms with Gasteiger partial charge in [0.1, 0.15) is 4.99 Å². The normalized spacial score (nSPS) is 11.9. The molecule has 1 aromatic rings. The van der Waals surface area contributed by atoms with E-state index >= 15 is 0 Å². The number of thiocarbonyl (C=S) groups is 1. The third-order valence-electron chi connectivity index (χ3n) is 3.73. The van der Waals surface area contributed by atoms with E-state index in [9.17, 15) is 4.79 Å². The van der Waals surface area contributed by atoms with Crippen molar-refractivity contribution in [1.82, 2.24) is 5.32 Å². The molecule has 1 atom stereocenters. The van der Waals surface area contributed by atoms with Gasteiger partial charge in [0.2, 0.25) is 5.91 Å². The van der Waals surface area contributed by atoms with Crippen LogP contribution in [-0.4, -0.2) is 17.4 Å². The highest BCUT2D eigenvalue weighted by molar-refractivity contribution is 7.80. The van der Waals surface area contributed by atoms with Crippen LogP contribution in [0.15, 0.2) is 24.3 Å². The summed E-state index contributed by atoms with van der Waals surface area (Å²) in [5, 5.41) is 3.04. The molecule has 1 unspecified atom stereocenters. The Morgan fingerprint density at radius 1 is 1.29 bits per heavy atom. The van der Waals surface area contributed by atoms with Gasteiger partial charge in [-0.2, -0.15) is 0 Å². The fourth-order valence-electron chi connectivity index (χ4n) is 2.24. The zero-order valence-electron chi connectivity index (χ0n) is 13.0. The van der Waals surface area contributed by atoms with Crippen molar-refractivity contribution < 1.29 is 4.79 Å². The van der Waals surface area contributed by atoms with E-state index in [4.69, 9.17) is 18.0 Å². The van der Waals surface area contributed by atoms with E-state index < -0.39 is 0 Å². The molecule has 0 aromatic heterocycles. The highest BCUT2D eigenvalue weighted by Gasteiger charge is 2.09. The van der Waals surface area contributed by atoms with Crippen molar-refractivity contribution in [3.8, 4) is 0 Å². The Labute approximate surface area is 133 Å². The molecule has 0 saturated carbocycles. The molecule has 0 aliphatic heterocycles. The second kappa shape index (κ2) is 9.50. The maximum Gasteiger partial charge on any atom is 0.224 e. The molecule has 1 amide bonds. The summed E-state index contributed by atoms with van der Waals surface area (Å²) in [5.41, 5.74) is 7.37. The summed E-state index contributed by atoms with van der Waals surface area (Å²) in [4.78, 5) is 12.3. The predicted molar refractivity (Wildman–Crippen MR) is 92.3 cm³/mol. The van der Waals surface area contributed by atoms with E-state index in [0.29, 0.717) is 17.3 Å². The maximum atomic E-state index is 12.0. The van der Waals surface area contributed by atoms with E-state index in [1.165, 1.54) is 19.3 Å². The van der Waals surface area contributed by atoms with Gasteiger partial charge < -0.3 is 11.1 Å². The predicted octanol–water partition coefficient (Wildman–Crippen LogP) is 3.20. The van der Waals surface area contributed by atoms with E-state index in [1.807, 2.05) is 24.3 Å². The van der Waals surface area contributed by atoms with Gasteiger partial charge >= 0.3 is 0 Å². The third kappa shape index (κ3) is 6.71. The smallest absolute Gasteiger partial charge is 0.224 e. The van der Waals surface area contributed by atoms with Gasteiger partial charge in [-0.05, 0) is 17.9 Å². The molecule has 0 heterocycles. The Kier molecular flexibility index (Phi) is 7.98. The van der Waals surface area contributed by atoms with Gasteiger partial charge in [-0.15, -0.1) is 0 Å². The zero-order chi connectivity index (χ0) is 15.7. The van der Waals surface area contributed by atoms with E-state index in [2.05, 4.69) is 19.2 Å². The monoisotopic (exact) mass is 306 g/mol. The van der Waals surface area contributed by atoms with Gasteiger partial charge in [0.25, 0.3) is 0 Å². The lowest BCUT2D eigenvalue weighted by Crippen LogP contribution is -2.30. The van der Waals surface area contributed by atoms with Gasteiger partial charge in [0.15, 0.2) is 0 Å². The summed E-state index contributed by atoms with van der Waals surface area (Å²) >= 11 is 4.91. The highest BCUT2D eigenvalue weighted by Crippen LogP contribution is 2.11. The minimum Gasteiger partial charge on any atom is -0.389 e. The second-order valence-corrected chi connectivity index (χ2v) is 5.90. The van der Waals surface area contributed by atoms with Crippen molar-refractivity contribution in [2.75, 3.05) is 6.54 Å². The summed E-state index contributed by atoms with van der Waals surface area (Å²) < 4.78 is 0. The van der Waals surface area contributed by atoms with Gasteiger partial charge in [-0.3, -0.25) is 4.79 Å². The zero-order valence-corrected chi connectivity index (χ0v) is 13.8. The van der Waals surface area contributed by atoms with Gasteiger partial charge in [-0.25, -0.2) is 0 Å². The van der Waals surface area contributed by atoms with Crippen LogP contribution < -0.4 is 11.1 Å². The maximum absolute atomic E-state index is 12.0. The average molecular weight is 306 g/mol. The lowest BCUT2D eigenvalue weighted by atomic mass is 9.99. The first kappa shape index (κ1) is 17.6. The molecule has 1 aromatic carbocycles. The van der Waals surface area contributed by atoms with Crippen LogP contribution >= 0.6 is 12.2 Å². The molecule has 3 nitrogen and oxygen atoms in total. The number of nitrogens with two attached hydrogens (primary N) is 1. The van der Waals surface area contributed by atoms with Crippen LogP contribution in [0.5, 0.6) is 0 Å². The second-order valence-electron chi connectivity index (χ2n) is 5.46. The Morgan fingerprint density at radius 2 is 1.95 bits per heavy atom. The summed E-state index contributed by atoms with van der Waals surface area (Å²) in [5.74, 6) is 0.666. The van der Waals surface area contributed by atoms with Crippen molar-refractivity contribution >= 4 is 23.1 Å². The van der Waals surface area contributed by atoms with Crippen molar-refractivity contribution in [2.45, 2.75) is 46.0 Å². The van der Waals surface area contributed by atoms with Gasteiger partial charge in [0, 0.05) is 12.1 Å². The van der Waals surface area contributed by atoms with Crippen molar-refractivity contribution in [2.24, 2.45) is 11.7 Å². The number of hydrogen-bond donors (Lipinski definition) is 2. The fourth-order valence-corrected chi connectivity index (χ4v) is 2.37. The van der Waals surface area contributed by atoms with Crippen molar-refractivity contribution in [1.29, 1.82) is 0 Å². The number of nitrogens with one attached hydrogen (secondary N) is 1. The summed E-state index contributed by atoms with van der Waals surface area (Å²) in [6, 6.07) is 7.53. The standard InChI is InChI=1S/C17H26N2OS/c1-3-5-6-13(4-2)12-19-16(20)11-14-7-9-15(10-8-14)17(18)21/h7-10,13H,3-6,11-12H2,1-2H3,(H2,18,21)(H,19,20). The summed E-state index contributed by atoms with van der Waals surface area (Å²) in [7, 11) is 0. The van der Waals surface area contributed by atoms with E-state index in [1.54, 1.807) is 0 Å². The molecule has 0 aliphatic carbocycles. The molecule has 0 spiro atoms. The topological polar surface area (TPSA) is 55.1 Å². The number of hydrogen-bond acceptors (Lipinski definition) is 2. The molecular formula is C17H26N2OS. The quantitative estimate of drug-likeness (QED) is 0.689. The lowest BCUT2D eigenvalue weighted by Gasteiger charge is -2.15. The number of carbonyl (C=O) groups is 1. The molecular weight excluding hydrogens is 280 g/mol. The summed E-state index contributed by atoms with van der Waals surface area (Å²) in [6.45, 7) is 5.16.